The van der Waals surface area contributed by atoms with Gasteiger partial charge < -0.3 is 15.0 Å². The molecule has 1 fully saturated rings. The minimum Gasteiger partial charge on any atom is -0.375 e. The van der Waals surface area contributed by atoms with Gasteiger partial charge in [-0.25, -0.2) is 0 Å². The number of morpholine rings is 1. The Bertz CT molecular complexity index is 184. The van der Waals surface area contributed by atoms with Crippen molar-refractivity contribution in [3.63, 3.8) is 0 Å². The van der Waals surface area contributed by atoms with E-state index in [1.54, 1.807) is 4.90 Å². The Labute approximate surface area is 79.2 Å². The van der Waals surface area contributed by atoms with Crippen LogP contribution in [-0.2, 0) is 9.53 Å². The monoisotopic (exact) mass is 186 g/mol. The van der Waals surface area contributed by atoms with Gasteiger partial charge in [-0.3, -0.25) is 4.79 Å². The van der Waals surface area contributed by atoms with Crippen LogP contribution in [0.15, 0.2) is 0 Å². The first kappa shape index (κ1) is 10.5. The quantitative estimate of drug-likeness (QED) is 0.651. The van der Waals surface area contributed by atoms with Crippen molar-refractivity contribution in [1.29, 1.82) is 0 Å². The lowest BCUT2D eigenvalue weighted by atomic mass is 10.1. The molecule has 0 aromatic carbocycles. The van der Waals surface area contributed by atoms with Gasteiger partial charge in [0.25, 0.3) is 0 Å². The van der Waals surface area contributed by atoms with Gasteiger partial charge in [-0.2, -0.15) is 0 Å². The molecule has 1 saturated heterocycles. The molecule has 1 rings (SSSR count). The van der Waals surface area contributed by atoms with Crippen LogP contribution in [-0.4, -0.2) is 49.7 Å². The molecule has 0 aromatic heterocycles. The summed E-state index contributed by atoms with van der Waals surface area (Å²) < 4.78 is 5.40. The van der Waals surface area contributed by atoms with Crippen molar-refractivity contribution in [1.82, 2.24) is 10.2 Å². The van der Waals surface area contributed by atoms with Gasteiger partial charge >= 0.3 is 0 Å². The highest BCUT2D eigenvalue weighted by atomic mass is 16.5. The molecule has 0 bridgehead atoms. The van der Waals surface area contributed by atoms with Gasteiger partial charge in [0.1, 0.15) is 6.04 Å². The highest BCUT2D eigenvalue weighted by Crippen LogP contribution is 2.06. The summed E-state index contributed by atoms with van der Waals surface area (Å²) in [6.45, 7) is 6.09. The zero-order valence-electron chi connectivity index (χ0n) is 8.54. The molecule has 4 nitrogen and oxygen atoms in total. The summed E-state index contributed by atoms with van der Waals surface area (Å²) in [5, 5.41) is 3.17. The highest BCUT2D eigenvalue weighted by Gasteiger charge is 2.29. The lowest BCUT2D eigenvalue weighted by Crippen LogP contribution is -2.55. The average Bonchev–Trinajstić information content (AvgIpc) is 2.16. The maximum absolute atomic E-state index is 11.7. The van der Waals surface area contributed by atoms with Gasteiger partial charge in [-0.1, -0.05) is 0 Å². The van der Waals surface area contributed by atoms with Crippen molar-refractivity contribution in [2.75, 3.05) is 26.7 Å². The minimum absolute atomic E-state index is 0.0183. The predicted octanol–water partition coefficient (Wildman–Crippen LogP) is -0.158. The molecule has 1 heterocycles. The van der Waals surface area contributed by atoms with Crippen molar-refractivity contribution in [2.24, 2.45) is 0 Å². The van der Waals surface area contributed by atoms with Crippen LogP contribution in [0.3, 0.4) is 0 Å². The predicted molar refractivity (Wildman–Crippen MR) is 50.5 cm³/mol. The van der Waals surface area contributed by atoms with Crippen molar-refractivity contribution in [3.05, 3.63) is 0 Å². The molecule has 0 aromatic rings. The first-order chi connectivity index (χ1) is 6.16. The minimum atomic E-state index is -0.168. The second kappa shape index (κ2) is 4.58. The standard InChI is InChI=1S/C9H18N2O2/c1-4-11(3)9(12)8-7(2)13-6-5-10-8/h7-8,10H,4-6H2,1-3H3/t7-,8+/m1/s1. The number of carbonyl (C=O) groups is 1. The molecule has 4 heteroatoms. The molecule has 0 aliphatic carbocycles. The van der Waals surface area contributed by atoms with Crippen LogP contribution >= 0.6 is 0 Å². The molecule has 76 valence electrons. The van der Waals surface area contributed by atoms with Gasteiger partial charge in [0.15, 0.2) is 0 Å². The van der Waals surface area contributed by atoms with Gasteiger partial charge in [0.2, 0.25) is 5.91 Å². The van der Waals surface area contributed by atoms with Crippen LogP contribution in [0.4, 0.5) is 0 Å². The molecule has 1 amide bonds. The Morgan fingerprint density at radius 2 is 2.38 bits per heavy atom. The Kier molecular flexibility index (Phi) is 3.69. The number of hydrogen-bond acceptors (Lipinski definition) is 3. The van der Waals surface area contributed by atoms with Crippen molar-refractivity contribution in [2.45, 2.75) is 26.0 Å². The highest BCUT2D eigenvalue weighted by molar-refractivity contribution is 5.82. The molecule has 13 heavy (non-hydrogen) atoms. The fourth-order valence-corrected chi connectivity index (χ4v) is 1.40. The van der Waals surface area contributed by atoms with Crippen LogP contribution in [0, 0.1) is 0 Å². The van der Waals surface area contributed by atoms with Gasteiger partial charge in [0, 0.05) is 20.1 Å². The van der Waals surface area contributed by atoms with Crippen LogP contribution in [0.1, 0.15) is 13.8 Å². The molecule has 2 atom stereocenters. The summed E-state index contributed by atoms with van der Waals surface area (Å²) in [4.78, 5) is 13.4. The molecule has 0 radical (unpaired) electrons. The van der Waals surface area contributed by atoms with E-state index < -0.39 is 0 Å². The van der Waals surface area contributed by atoms with Crippen molar-refractivity contribution in [3.8, 4) is 0 Å². The zero-order valence-corrected chi connectivity index (χ0v) is 8.54. The number of amides is 1. The normalized spacial score (nSPS) is 28.5. The molecular formula is C9H18N2O2. The van der Waals surface area contributed by atoms with E-state index in [1.165, 1.54) is 0 Å². The van der Waals surface area contributed by atoms with Gasteiger partial charge in [-0.05, 0) is 13.8 Å². The van der Waals surface area contributed by atoms with Gasteiger partial charge in [-0.15, -0.1) is 0 Å². The Morgan fingerprint density at radius 1 is 1.69 bits per heavy atom. The Hall–Kier alpha value is -0.610. The fourth-order valence-electron chi connectivity index (χ4n) is 1.40. The average molecular weight is 186 g/mol. The third-order valence-corrected chi connectivity index (χ3v) is 2.43. The van der Waals surface area contributed by atoms with Crippen LogP contribution < -0.4 is 5.32 Å². The largest absolute Gasteiger partial charge is 0.375 e. The van der Waals surface area contributed by atoms with Crippen LogP contribution in [0.5, 0.6) is 0 Å². The van der Waals surface area contributed by atoms with E-state index in [9.17, 15) is 4.79 Å². The topological polar surface area (TPSA) is 41.6 Å². The molecule has 1 aliphatic rings. The number of hydrogen-bond donors (Lipinski definition) is 1. The number of rotatable bonds is 2. The first-order valence-corrected chi connectivity index (χ1v) is 4.76. The number of ether oxygens (including phenoxy) is 1. The molecule has 0 spiro atoms. The number of nitrogens with one attached hydrogen (secondary N) is 1. The van der Waals surface area contributed by atoms with Crippen LogP contribution in [0.2, 0.25) is 0 Å². The molecule has 1 N–H and O–H groups in total. The smallest absolute Gasteiger partial charge is 0.242 e. The Morgan fingerprint density at radius 3 is 2.92 bits per heavy atom. The number of nitrogens with zero attached hydrogens (tertiary/aromatic N) is 1. The third-order valence-electron chi connectivity index (χ3n) is 2.43. The van der Waals surface area contributed by atoms with E-state index in [2.05, 4.69) is 5.32 Å². The third kappa shape index (κ3) is 2.42. The second-order valence-electron chi connectivity index (χ2n) is 3.36. The van der Waals surface area contributed by atoms with Crippen molar-refractivity contribution >= 4 is 5.91 Å². The summed E-state index contributed by atoms with van der Waals surface area (Å²) in [7, 11) is 1.81. The van der Waals surface area contributed by atoms with Gasteiger partial charge in [0.05, 0.1) is 12.7 Å². The van der Waals surface area contributed by atoms with E-state index in [0.29, 0.717) is 6.61 Å². The van der Waals surface area contributed by atoms with E-state index in [-0.39, 0.29) is 18.1 Å². The maximum atomic E-state index is 11.7. The molecular weight excluding hydrogens is 168 g/mol. The van der Waals surface area contributed by atoms with E-state index in [1.807, 2.05) is 20.9 Å². The summed E-state index contributed by atoms with van der Waals surface area (Å²) in [6, 6.07) is -0.168. The molecule has 0 saturated carbocycles. The SMILES string of the molecule is CCN(C)C(=O)[C@H]1NCCO[C@@H]1C. The summed E-state index contributed by atoms with van der Waals surface area (Å²) >= 11 is 0. The molecule has 0 unspecified atom stereocenters. The first-order valence-electron chi connectivity index (χ1n) is 4.76. The maximum Gasteiger partial charge on any atom is 0.242 e. The van der Waals surface area contributed by atoms with Crippen LogP contribution in [0.25, 0.3) is 0 Å². The fraction of sp³-hybridized carbons (Fsp3) is 0.889. The second-order valence-corrected chi connectivity index (χ2v) is 3.36. The number of likely N-dealkylation sites (N-methyl/N-ethyl adjacent to an activating group) is 1. The van der Waals surface area contributed by atoms with E-state index in [4.69, 9.17) is 4.74 Å². The molecule has 1 aliphatic heterocycles. The lowest BCUT2D eigenvalue weighted by molar-refractivity contribution is -0.137. The van der Waals surface area contributed by atoms with Crippen molar-refractivity contribution < 1.29 is 9.53 Å². The van der Waals surface area contributed by atoms with E-state index in [0.717, 1.165) is 13.1 Å². The Balaban J connectivity index is 2.53. The number of carbonyl (C=O) groups excluding carboxylic acids is 1. The summed E-state index contributed by atoms with van der Waals surface area (Å²) in [5.74, 6) is 0.120. The summed E-state index contributed by atoms with van der Waals surface area (Å²) in [6.07, 6.45) is -0.0183. The zero-order chi connectivity index (χ0) is 9.84. The lowest BCUT2D eigenvalue weighted by Gasteiger charge is -2.31. The summed E-state index contributed by atoms with van der Waals surface area (Å²) in [5.41, 5.74) is 0. The van der Waals surface area contributed by atoms with E-state index >= 15 is 0 Å².